The van der Waals surface area contributed by atoms with Gasteiger partial charge in [-0.25, -0.2) is 0 Å². The lowest BCUT2D eigenvalue weighted by atomic mass is 9.78. The Morgan fingerprint density at radius 3 is 2.00 bits per heavy atom. The van der Waals surface area contributed by atoms with Crippen LogP contribution in [0.4, 0.5) is 0 Å². The second-order valence-corrected chi connectivity index (χ2v) is 12.0. The summed E-state index contributed by atoms with van der Waals surface area (Å²) in [4.78, 5) is 4.66. The molecule has 1 aromatic carbocycles. The van der Waals surface area contributed by atoms with Gasteiger partial charge in [0.25, 0.3) is 0 Å². The molecule has 0 saturated carbocycles. The van der Waals surface area contributed by atoms with Crippen molar-refractivity contribution in [2.45, 2.75) is 72.8 Å². The minimum atomic E-state index is -3.17. The number of aromatic nitrogens is 1. The predicted molar refractivity (Wildman–Crippen MR) is 131 cm³/mol. The summed E-state index contributed by atoms with van der Waals surface area (Å²) in [5.41, 5.74) is 4.08. The maximum absolute atomic E-state index is 12.8. The first-order chi connectivity index (χ1) is 14.8. The van der Waals surface area contributed by atoms with Gasteiger partial charge in [0.2, 0.25) is 0 Å². The predicted octanol–water partition coefficient (Wildman–Crippen LogP) is 6.36. The number of phenolic OH excluding ortho intramolecular Hbond substituents is 1. The average molecular weight is 463 g/mol. The first kappa shape index (κ1) is 26.5. The summed E-state index contributed by atoms with van der Waals surface area (Å²) in [6, 6.07) is 7.95. The number of nitrogens with zero attached hydrogens (tertiary/aromatic N) is 1. The lowest BCUT2D eigenvalue weighted by molar-refractivity contribution is 0.218. The molecule has 2 rings (SSSR count). The van der Waals surface area contributed by atoms with E-state index in [0.717, 1.165) is 27.9 Å². The summed E-state index contributed by atoms with van der Waals surface area (Å²) in [5, 5.41) is 14.3. The highest BCUT2D eigenvalue weighted by Gasteiger charge is 2.28. The number of rotatable bonds is 9. The van der Waals surface area contributed by atoms with E-state index in [1.54, 1.807) is 20.0 Å². The van der Waals surface area contributed by atoms with Crippen molar-refractivity contribution in [2.75, 3.05) is 19.5 Å². The van der Waals surface area contributed by atoms with Crippen molar-refractivity contribution in [3.8, 4) is 17.0 Å². The molecule has 0 saturated heterocycles. The molecule has 0 fully saturated rings. The van der Waals surface area contributed by atoms with Crippen LogP contribution in [0.5, 0.6) is 5.75 Å². The molecule has 0 amide bonds. The van der Waals surface area contributed by atoms with E-state index in [4.69, 9.17) is 9.05 Å². The zero-order valence-electron chi connectivity index (χ0n) is 20.8. The van der Waals surface area contributed by atoms with Crippen LogP contribution < -0.4 is 5.32 Å². The second-order valence-electron chi connectivity index (χ2n) is 9.96. The van der Waals surface area contributed by atoms with Gasteiger partial charge < -0.3 is 19.5 Å². The zero-order chi connectivity index (χ0) is 24.2. The molecule has 0 radical (unpaired) electrons. The molecule has 6 nitrogen and oxygen atoms in total. The van der Waals surface area contributed by atoms with Crippen LogP contribution in [0, 0.1) is 0 Å². The minimum Gasteiger partial charge on any atom is -0.507 e. The molecule has 0 aliphatic carbocycles. The molecular formula is C25H39N2O4P. The fourth-order valence-corrected chi connectivity index (χ4v) is 5.03. The van der Waals surface area contributed by atoms with E-state index in [9.17, 15) is 9.67 Å². The van der Waals surface area contributed by atoms with Crippen molar-refractivity contribution < 1.29 is 18.7 Å². The van der Waals surface area contributed by atoms with Crippen molar-refractivity contribution in [1.82, 2.24) is 10.3 Å². The first-order valence-corrected chi connectivity index (χ1v) is 13.0. The van der Waals surface area contributed by atoms with Gasteiger partial charge in [-0.1, -0.05) is 47.6 Å². The molecule has 32 heavy (non-hydrogen) atoms. The fraction of sp³-hybridized carbons (Fsp3) is 0.560. The van der Waals surface area contributed by atoms with Crippen LogP contribution in [0.15, 0.2) is 30.5 Å². The van der Waals surface area contributed by atoms with Crippen LogP contribution in [0.2, 0.25) is 0 Å². The normalized spacial score (nSPS) is 12.9. The Labute approximate surface area is 193 Å². The second kappa shape index (κ2) is 10.5. The molecule has 1 aromatic heterocycles. The summed E-state index contributed by atoms with van der Waals surface area (Å²) in [6.45, 7) is 17.3. The standard InChI is InChI=1S/C25H39N2O4P/c1-9-30-32(29,31-10-2)17-26-16-18-12-11-13-27-22(18)19-14-20(24(3,4)5)23(28)21(15-19)25(6,7)8/h11-15,26,28H,9-10,16-17H2,1-8H3. The van der Waals surface area contributed by atoms with E-state index in [2.05, 4.69) is 51.8 Å². The Morgan fingerprint density at radius 2 is 1.53 bits per heavy atom. The van der Waals surface area contributed by atoms with E-state index in [0.29, 0.717) is 25.5 Å². The van der Waals surface area contributed by atoms with Crippen LogP contribution in [-0.2, 0) is 31.0 Å². The Hall–Kier alpha value is -1.72. The van der Waals surface area contributed by atoms with Gasteiger partial charge in [-0.15, -0.1) is 0 Å². The molecule has 2 N–H and O–H groups in total. The number of phenols is 1. The molecule has 0 spiro atoms. The molecule has 0 unspecified atom stereocenters. The lowest BCUT2D eigenvalue weighted by Crippen LogP contribution is -2.19. The molecule has 0 aliphatic rings. The summed E-state index contributed by atoms with van der Waals surface area (Å²) in [5.74, 6) is 0.346. The van der Waals surface area contributed by atoms with E-state index in [1.165, 1.54) is 0 Å². The van der Waals surface area contributed by atoms with Gasteiger partial charge in [0, 0.05) is 29.4 Å². The Kier molecular flexibility index (Phi) is 8.69. The van der Waals surface area contributed by atoms with Crippen molar-refractivity contribution >= 4 is 7.60 Å². The van der Waals surface area contributed by atoms with Crippen molar-refractivity contribution in [3.05, 3.63) is 47.2 Å². The highest BCUT2D eigenvalue weighted by molar-refractivity contribution is 7.53. The number of hydrogen-bond acceptors (Lipinski definition) is 6. The third kappa shape index (κ3) is 6.64. The first-order valence-electron chi connectivity index (χ1n) is 11.2. The number of pyridine rings is 1. The van der Waals surface area contributed by atoms with Crippen molar-refractivity contribution in [1.29, 1.82) is 0 Å². The highest BCUT2D eigenvalue weighted by Crippen LogP contribution is 2.47. The van der Waals surface area contributed by atoms with E-state index in [-0.39, 0.29) is 17.1 Å². The van der Waals surface area contributed by atoms with Gasteiger partial charge in [0.05, 0.1) is 25.2 Å². The summed E-state index contributed by atoms with van der Waals surface area (Å²) in [6.07, 6.45) is 1.89. The molecule has 7 heteroatoms. The SMILES string of the molecule is CCOP(=O)(CNCc1cccnc1-c1cc(C(C)(C)C)c(O)c(C(C)(C)C)c1)OCC. The van der Waals surface area contributed by atoms with Gasteiger partial charge in [-0.05, 0) is 48.4 Å². The number of hydrogen-bond donors (Lipinski definition) is 2. The Morgan fingerprint density at radius 1 is 1.00 bits per heavy atom. The van der Waals surface area contributed by atoms with Crippen LogP contribution in [0.3, 0.4) is 0 Å². The summed E-state index contributed by atoms with van der Waals surface area (Å²) < 4.78 is 23.5. The van der Waals surface area contributed by atoms with Crippen LogP contribution in [-0.4, -0.2) is 29.6 Å². The average Bonchev–Trinajstić information content (AvgIpc) is 2.67. The largest absolute Gasteiger partial charge is 0.507 e. The van der Waals surface area contributed by atoms with Gasteiger partial charge in [-0.3, -0.25) is 9.55 Å². The number of nitrogens with one attached hydrogen (secondary N) is 1. The van der Waals surface area contributed by atoms with Crippen molar-refractivity contribution in [3.63, 3.8) is 0 Å². The zero-order valence-corrected chi connectivity index (χ0v) is 21.7. The van der Waals surface area contributed by atoms with E-state index < -0.39 is 7.60 Å². The highest BCUT2D eigenvalue weighted by atomic mass is 31.2. The van der Waals surface area contributed by atoms with Crippen LogP contribution >= 0.6 is 7.60 Å². The van der Waals surface area contributed by atoms with Gasteiger partial charge in [-0.2, -0.15) is 0 Å². The molecule has 0 atom stereocenters. The lowest BCUT2D eigenvalue weighted by Gasteiger charge is -2.28. The van der Waals surface area contributed by atoms with Crippen LogP contribution in [0.25, 0.3) is 11.3 Å². The molecule has 0 bridgehead atoms. The van der Waals surface area contributed by atoms with E-state index >= 15 is 0 Å². The van der Waals surface area contributed by atoms with Gasteiger partial charge in [0.1, 0.15) is 5.75 Å². The quantitative estimate of drug-likeness (QED) is 0.422. The minimum absolute atomic E-state index is 0.124. The maximum atomic E-state index is 12.8. The molecule has 0 aliphatic heterocycles. The van der Waals surface area contributed by atoms with Crippen LogP contribution in [0.1, 0.15) is 72.1 Å². The molecular weight excluding hydrogens is 423 g/mol. The van der Waals surface area contributed by atoms with E-state index in [1.807, 2.05) is 24.3 Å². The smallest absolute Gasteiger partial charge is 0.344 e. The fourth-order valence-electron chi connectivity index (χ4n) is 3.61. The van der Waals surface area contributed by atoms with Gasteiger partial charge >= 0.3 is 7.60 Å². The maximum Gasteiger partial charge on any atom is 0.344 e. The van der Waals surface area contributed by atoms with Crippen molar-refractivity contribution in [2.24, 2.45) is 0 Å². The third-order valence-corrected chi connectivity index (χ3v) is 7.08. The van der Waals surface area contributed by atoms with Gasteiger partial charge in [0.15, 0.2) is 0 Å². The summed E-state index contributed by atoms with van der Waals surface area (Å²) >= 11 is 0. The molecule has 2 aromatic rings. The number of benzene rings is 1. The summed E-state index contributed by atoms with van der Waals surface area (Å²) in [7, 11) is -3.17. The molecule has 1 heterocycles. The monoisotopic (exact) mass is 462 g/mol. The Bertz CT molecular complexity index is 916. The molecule has 178 valence electrons. The third-order valence-electron chi connectivity index (χ3n) is 5.16. The number of aromatic hydroxyl groups is 1. The Balaban J connectivity index is 2.45. The topological polar surface area (TPSA) is 80.7 Å².